The minimum absolute atomic E-state index is 0.271. The molecule has 1 aromatic carbocycles. The maximum Gasteiger partial charge on any atom is 0.242 e. The van der Waals surface area contributed by atoms with E-state index in [2.05, 4.69) is 24.1 Å². The second-order valence-electron chi connectivity index (χ2n) is 5.83. The van der Waals surface area contributed by atoms with Gasteiger partial charge < -0.3 is 10.6 Å². The van der Waals surface area contributed by atoms with E-state index in [9.17, 15) is 4.79 Å². The van der Waals surface area contributed by atoms with E-state index in [1.165, 1.54) is 0 Å². The number of rotatable bonds is 9. The van der Waals surface area contributed by atoms with Gasteiger partial charge in [0.1, 0.15) is 5.54 Å². The average Bonchev–Trinajstić information content (AvgIpc) is 3.31. The Hall–Kier alpha value is -1.39. The first-order chi connectivity index (χ1) is 10.1. The van der Waals surface area contributed by atoms with Crippen molar-refractivity contribution in [2.75, 3.05) is 19.6 Å². The minimum Gasteiger partial charge on any atom is -0.368 e. The van der Waals surface area contributed by atoms with E-state index in [0.29, 0.717) is 12.5 Å². The van der Waals surface area contributed by atoms with Crippen molar-refractivity contribution in [2.45, 2.75) is 44.7 Å². The number of carbonyl (C=O) groups excluding carboxylic acids is 1. The van der Waals surface area contributed by atoms with Crippen LogP contribution in [-0.4, -0.2) is 36.5 Å². The fraction of sp³-hybridized carbons (Fsp3) is 0.588. The van der Waals surface area contributed by atoms with E-state index in [1.807, 2.05) is 30.3 Å². The molecule has 116 valence electrons. The van der Waals surface area contributed by atoms with Gasteiger partial charge in [-0.25, -0.2) is 0 Å². The molecule has 0 radical (unpaired) electrons. The molecule has 0 spiro atoms. The van der Waals surface area contributed by atoms with Crippen LogP contribution in [0, 0.1) is 0 Å². The summed E-state index contributed by atoms with van der Waals surface area (Å²) in [5, 5.41) is 3.52. The topological polar surface area (TPSA) is 58.4 Å². The molecule has 4 nitrogen and oxygen atoms in total. The number of amides is 1. The van der Waals surface area contributed by atoms with E-state index in [0.717, 1.165) is 38.0 Å². The SMILES string of the molecule is CCN(CC)CCC(NC1CC1)(C(N)=O)c1ccccc1. The Morgan fingerprint density at radius 3 is 2.38 bits per heavy atom. The third-order valence-corrected chi connectivity index (χ3v) is 4.41. The molecule has 0 bridgehead atoms. The predicted molar refractivity (Wildman–Crippen MR) is 85.9 cm³/mol. The van der Waals surface area contributed by atoms with Gasteiger partial charge in [-0.3, -0.25) is 10.1 Å². The molecule has 4 heteroatoms. The second kappa shape index (κ2) is 7.05. The van der Waals surface area contributed by atoms with E-state index in [4.69, 9.17) is 5.73 Å². The van der Waals surface area contributed by atoms with Crippen LogP contribution in [0.2, 0.25) is 0 Å². The second-order valence-corrected chi connectivity index (χ2v) is 5.83. The standard InChI is InChI=1S/C17H27N3O/c1-3-20(4-2)13-12-17(16(18)21,19-15-10-11-15)14-8-6-5-7-9-14/h5-9,15,19H,3-4,10-13H2,1-2H3,(H2,18,21). The Morgan fingerprint density at radius 2 is 1.90 bits per heavy atom. The van der Waals surface area contributed by atoms with Gasteiger partial charge in [0, 0.05) is 12.6 Å². The van der Waals surface area contributed by atoms with Crippen LogP contribution in [0.25, 0.3) is 0 Å². The lowest BCUT2D eigenvalue weighted by molar-refractivity contribution is -0.125. The number of hydrogen-bond donors (Lipinski definition) is 2. The first-order valence-electron chi connectivity index (χ1n) is 7.98. The highest BCUT2D eigenvalue weighted by molar-refractivity contribution is 5.86. The lowest BCUT2D eigenvalue weighted by Crippen LogP contribution is -2.55. The van der Waals surface area contributed by atoms with Crippen LogP contribution in [0.15, 0.2) is 30.3 Å². The Kier molecular flexibility index (Phi) is 5.37. The van der Waals surface area contributed by atoms with Crippen molar-refractivity contribution in [2.24, 2.45) is 5.73 Å². The number of nitrogens with one attached hydrogen (secondary N) is 1. The normalized spacial score (nSPS) is 17.7. The molecule has 1 aliphatic rings. The summed E-state index contributed by atoms with van der Waals surface area (Å²) in [5.74, 6) is -0.271. The highest BCUT2D eigenvalue weighted by Crippen LogP contribution is 2.31. The fourth-order valence-electron chi connectivity index (χ4n) is 2.80. The van der Waals surface area contributed by atoms with Gasteiger partial charge in [-0.1, -0.05) is 44.2 Å². The van der Waals surface area contributed by atoms with Gasteiger partial charge in [-0.05, 0) is 37.9 Å². The van der Waals surface area contributed by atoms with Gasteiger partial charge in [0.2, 0.25) is 5.91 Å². The van der Waals surface area contributed by atoms with Crippen molar-refractivity contribution in [3.63, 3.8) is 0 Å². The van der Waals surface area contributed by atoms with E-state index in [-0.39, 0.29) is 5.91 Å². The third kappa shape index (κ3) is 3.83. The lowest BCUT2D eigenvalue weighted by Gasteiger charge is -2.34. The van der Waals surface area contributed by atoms with Crippen molar-refractivity contribution in [1.29, 1.82) is 0 Å². The van der Waals surface area contributed by atoms with Crippen LogP contribution in [0.1, 0.15) is 38.7 Å². The summed E-state index contributed by atoms with van der Waals surface area (Å²) >= 11 is 0. The molecule has 0 saturated heterocycles. The molecule has 0 aromatic heterocycles. The highest BCUT2D eigenvalue weighted by Gasteiger charge is 2.42. The van der Waals surface area contributed by atoms with Crippen molar-refractivity contribution < 1.29 is 4.79 Å². The summed E-state index contributed by atoms with van der Waals surface area (Å²) in [5.41, 5.74) is 6.07. The molecule has 1 fully saturated rings. The molecule has 21 heavy (non-hydrogen) atoms. The molecule has 0 heterocycles. The first-order valence-corrected chi connectivity index (χ1v) is 7.98. The van der Waals surface area contributed by atoms with Gasteiger partial charge in [-0.15, -0.1) is 0 Å². The summed E-state index contributed by atoms with van der Waals surface area (Å²) in [6, 6.07) is 10.3. The van der Waals surface area contributed by atoms with Crippen LogP contribution in [0.3, 0.4) is 0 Å². The molecule has 1 unspecified atom stereocenters. The zero-order chi connectivity index (χ0) is 15.3. The predicted octanol–water partition coefficient (Wildman–Crippen LogP) is 1.85. The summed E-state index contributed by atoms with van der Waals surface area (Å²) in [4.78, 5) is 14.6. The smallest absolute Gasteiger partial charge is 0.242 e. The van der Waals surface area contributed by atoms with Crippen molar-refractivity contribution in [1.82, 2.24) is 10.2 Å². The zero-order valence-electron chi connectivity index (χ0n) is 13.1. The van der Waals surface area contributed by atoms with Crippen LogP contribution < -0.4 is 11.1 Å². The van der Waals surface area contributed by atoms with Crippen molar-refractivity contribution >= 4 is 5.91 Å². The lowest BCUT2D eigenvalue weighted by atomic mass is 9.85. The Morgan fingerprint density at radius 1 is 1.29 bits per heavy atom. The van der Waals surface area contributed by atoms with Gasteiger partial charge >= 0.3 is 0 Å². The van der Waals surface area contributed by atoms with E-state index < -0.39 is 5.54 Å². The monoisotopic (exact) mass is 289 g/mol. The third-order valence-electron chi connectivity index (χ3n) is 4.41. The number of carbonyl (C=O) groups is 1. The number of nitrogens with two attached hydrogens (primary N) is 1. The van der Waals surface area contributed by atoms with Crippen molar-refractivity contribution in [3.8, 4) is 0 Å². The molecular formula is C17H27N3O. The largest absolute Gasteiger partial charge is 0.368 e. The molecule has 1 aromatic rings. The van der Waals surface area contributed by atoms with E-state index in [1.54, 1.807) is 0 Å². The fourth-order valence-corrected chi connectivity index (χ4v) is 2.80. The van der Waals surface area contributed by atoms with Crippen LogP contribution >= 0.6 is 0 Å². The van der Waals surface area contributed by atoms with Gasteiger partial charge in [0.05, 0.1) is 0 Å². The first kappa shape index (κ1) is 16.0. The van der Waals surface area contributed by atoms with Crippen LogP contribution in [-0.2, 0) is 10.3 Å². The average molecular weight is 289 g/mol. The Labute approximate surface area is 127 Å². The van der Waals surface area contributed by atoms with Gasteiger partial charge in [0.25, 0.3) is 0 Å². The number of hydrogen-bond acceptors (Lipinski definition) is 3. The van der Waals surface area contributed by atoms with Crippen molar-refractivity contribution in [3.05, 3.63) is 35.9 Å². The highest BCUT2D eigenvalue weighted by atomic mass is 16.1. The molecule has 0 aliphatic heterocycles. The molecule has 1 aliphatic carbocycles. The molecule has 1 saturated carbocycles. The summed E-state index contributed by atoms with van der Waals surface area (Å²) in [6.45, 7) is 7.14. The minimum atomic E-state index is -0.745. The molecule has 2 rings (SSSR count). The molecule has 1 amide bonds. The number of benzene rings is 1. The summed E-state index contributed by atoms with van der Waals surface area (Å²) in [7, 11) is 0. The number of primary amides is 1. The van der Waals surface area contributed by atoms with Gasteiger partial charge in [-0.2, -0.15) is 0 Å². The zero-order valence-corrected chi connectivity index (χ0v) is 13.1. The van der Waals surface area contributed by atoms with Gasteiger partial charge in [0.15, 0.2) is 0 Å². The Bertz CT molecular complexity index is 454. The van der Waals surface area contributed by atoms with Crippen LogP contribution in [0.4, 0.5) is 0 Å². The summed E-state index contributed by atoms with van der Waals surface area (Å²) < 4.78 is 0. The summed E-state index contributed by atoms with van der Waals surface area (Å²) in [6.07, 6.45) is 2.98. The maximum atomic E-state index is 12.3. The Balaban J connectivity index is 2.24. The van der Waals surface area contributed by atoms with E-state index >= 15 is 0 Å². The molecular weight excluding hydrogens is 262 g/mol. The van der Waals surface area contributed by atoms with Crippen LogP contribution in [0.5, 0.6) is 0 Å². The maximum absolute atomic E-state index is 12.3. The quantitative estimate of drug-likeness (QED) is 0.729. The molecule has 3 N–H and O–H groups in total. The number of nitrogens with zero attached hydrogens (tertiary/aromatic N) is 1. The molecule has 1 atom stereocenters.